The van der Waals surface area contributed by atoms with Gasteiger partial charge in [-0.3, -0.25) is 4.79 Å². The van der Waals surface area contributed by atoms with Crippen LogP contribution < -0.4 is 16.4 Å². The van der Waals surface area contributed by atoms with Crippen molar-refractivity contribution in [3.05, 3.63) is 4.88 Å². The number of rotatable bonds is 6. The molecule has 1 saturated carbocycles. The molecule has 1 fully saturated rings. The molecule has 2 rings (SSSR count). The number of carbonyl (C=O) groups excluding carboxylic acids is 1. The van der Waals surface area contributed by atoms with Gasteiger partial charge >= 0.3 is 0 Å². The van der Waals surface area contributed by atoms with E-state index in [1.807, 2.05) is 13.8 Å². The standard InChI is InChI=1S/C13H22N4OS/c1-4-7-13(2,3)17-11(18)9-10(14)16-12(19-9)15-8-5-6-8/h8H,4-7,14H2,1-3H3,(H,15,16)(H,17,18). The lowest BCUT2D eigenvalue weighted by molar-refractivity contribution is 0.0914. The van der Waals surface area contributed by atoms with Crippen LogP contribution >= 0.6 is 11.3 Å². The van der Waals surface area contributed by atoms with E-state index in [1.54, 1.807) is 0 Å². The van der Waals surface area contributed by atoms with Crippen LogP contribution in [0.4, 0.5) is 10.9 Å². The zero-order valence-corrected chi connectivity index (χ0v) is 12.6. The van der Waals surface area contributed by atoms with Gasteiger partial charge in [0, 0.05) is 11.6 Å². The summed E-state index contributed by atoms with van der Waals surface area (Å²) in [5.41, 5.74) is 5.61. The van der Waals surface area contributed by atoms with Crippen LogP contribution in [0.3, 0.4) is 0 Å². The zero-order chi connectivity index (χ0) is 14.0. The lowest BCUT2D eigenvalue weighted by Crippen LogP contribution is -2.43. The van der Waals surface area contributed by atoms with Gasteiger partial charge in [0.1, 0.15) is 10.7 Å². The van der Waals surface area contributed by atoms with Gasteiger partial charge < -0.3 is 16.4 Å². The molecule has 0 radical (unpaired) electrons. The molecule has 19 heavy (non-hydrogen) atoms. The van der Waals surface area contributed by atoms with Crippen molar-refractivity contribution < 1.29 is 4.79 Å². The largest absolute Gasteiger partial charge is 0.382 e. The number of thiazole rings is 1. The molecule has 5 nitrogen and oxygen atoms in total. The molecule has 0 bridgehead atoms. The van der Waals surface area contributed by atoms with Crippen LogP contribution in [0.25, 0.3) is 0 Å². The minimum Gasteiger partial charge on any atom is -0.382 e. The smallest absolute Gasteiger partial charge is 0.265 e. The second kappa shape index (κ2) is 5.36. The van der Waals surface area contributed by atoms with E-state index in [0.717, 1.165) is 18.0 Å². The number of nitrogens with one attached hydrogen (secondary N) is 2. The Morgan fingerprint density at radius 3 is 2.79 bits per heavy atom. The third-order valence-electron chi connectivity index (χ3n) is 3.09. The van der Waals surface area contributed by atoms with E-state index in [4.69, 9.17) is 5.73 Å². The minimum absolute atomic E-state index is 0.128. The molecule has 6 heteroatoms. The summed E-state index contributed by atoms with van der Waals surface area (Å²) in [7, 11) is 0. The van der Waals surface area contributed by atoms with Gasteiger partial charge in [0.25, 0.3) is 5.91 Å². The number of amides is 1. The summed E-state index contributed by atoms with van der Waals surface area (Å²) in [5.74, 6) is 0.190. The predicted molar refractivity (Wildman–Crippen MR) is 79.6 cm³/mol. The molecule has 0 spiro atoms. The first-order valence-electron chi connectivity index (χ1n) is 6.76. The monoisotopic (exact) mass is 282 g/mol. The van der Waals surface area contributed by atoms with Crippen LogP contribution in [-0.2, 0) is 0 Å². The summed E-state index contributed by atoms with van der Waals surface area (Å²) in [6.45, 7) is 6.15. The lowest BCUT2D eigenvalue weighted by Gasteiger charge is -2.25. The molecule has 106 valence electrons. The maximum atomic E-state index is 12.2. The molecule has 1 aromatic rings. The van der Waals surface area contributed by atoms with E-state index in [-0.39, 0.29) is 11.4 Å². The first-order chi connectivity index (χ1) is 8.91. The molecular formula is C13H22N4OS. The van der Waals surface area contributed by atoms with Gasteiger partial charge in [-0.25, -0.2) is 4.98 Å². The van der Waals surface area contributed by atoms with Gasteiger partial charge in [-0.1, -0.05) is 24.7 Å². The van der Waals surface area contributed by atoms with E-state index in [2.05, 4.69) is 22.5 Å². The van der Waals surface area contributed by atoms with E-state index < -0.39 is 0 Å². The number of nitrogens with two attached hydrogens (primary N) is 1. The second-order valence-corrected chi connectivity index (χ2v) is 6.74. The minimum atomic E-state index is -0.216. The number of hydrogen-bond acceptors (Lipinski definition) is 5. The molecule has 0 aromatic carbocycles. The summed E-state index contributed by atoms with van der Waals surface area (Å²) in [6.07, 6.45) is 4.31. The molecule has 0 saturated heterocycles. The summed E-state index contributed by atoms with van der Waals surface area (Å²) in [6, 6.07) is 0.512. The van der Waals surface area contributed by atoms with Crippen molar-refractivity contribution in [2.24, 2.45) is 0 Å². The van der Waals surface area contributed by atoms with Gasteiger partial charge in [-0.2, -0.15) is 0 Å². The Hall–Kier alpha value is -1.30. The first kappa shape index (κ1) is 14.1. The lowest BCUT2D eigenvalue weighted by atomic mass is 9.99. The number of hydrogen-bond donors (Lipinski definition) is 3. The highest BCUT2D eigenvalue weighted by Crippen LogP contribution is 2.30. The molecule has 1 amide bonds. The van der Waals surface area contributed by atoms with Crippen molar-refractivity contribution in [3.8, 4) is 0 Å². The normalized spacial score (nSPS) is 15.3. The topological polar surface area (TPSA) is 80.0 Å². The van der Waals surface area contributed by atoms with Crippen molar-refractivity contribution in [2.45, 2.75) is 58.0 Å². The van der Waals surface area contributed by atoms with Crippen LogP contribution in [0, 0.1) is 0 Å². The highest BCUT2D eigenvalue weighted by atomic mass is 32.1. The van der Waals surface area contributed by atoms with Crippen LogP contribution in [0.1, 0.15) is 56.1 Å². The number of aromatic nitrogens is 1. The average Bonchev–Trinajstić information content (AvgIpc) is 3.00. The first-order valence-corrected chi connectivity index (χ1v) is 7.58. The Bertz CT molecular complexity index is 465. The zero-order valence-electron chi connectivity index (χ0n) is 11.7. The van der Waals surface area contributed by atoms with E-state index >= 15 is 0 Å². The van der Waals surface area contributed by atoms with Gasteiger partial charge in [0.15, 0.2) is 5.13 Å². The SMILES string of the molecule is CCCC(C)(C)NC(=O)c1sc(NC2CC2)nc1N. The number of nitrogens with zero attached hydrogens (tertiary/aromatic N) is 1. The molecule has 0 aliphatic heterocycles. The van der Waals surface area contributed by atoms with Gasteiger partial charge in [0.2, 0.25) is 0 Å². The van der Waals surface area contributed by atoms with Crippen LogP contribution in [0.5, 0.6) is 0 Å². The fraction of sp³-hybridized carbons (Fsp3) is 0.692. The summed E-state index contributed by atoms with van der Waals surface area (Å²) < 4.78 is 0. The Morgan fingerprint density at radius 1 is 1.53 bits per heavy atom. The molecule has 1 heterocycles. The van der Waals surface area contributed by atoms with Crippen molar-refractivity contribution in [1.82, 2.24) is 10.3 Å². The van der Waals surface area contributed by atoms with Crippen molar-refractivity contribution in [2.75, 3.05) is 11.1 Å². The quantitative estimate of drug-likeness (QED) is 0.749. The molecule has 4 N–H and O–H groups in total. The maximum absolute atomic E-state index is 12.2. The van der Waals surface area contributed by atoms with Gasteiger partial charge in [-0.15, -0.1) is 0 Å². The highest BCUT2D eigenvalue weighted by molar-refractivity contribution is 7.18. The van der Waals surface area contributed by atoms with Crippen LogP contribution in [0.2, 0.25) is 0 Å². The highest BCUT2D eigenvalue weighted by Gasteiger charge is 2.26. The Balaban J connectivity index is 2.03. The molecule has 1 aromatic heterocycles. The van der Waals surface area contributed by atoms with Gasteiger partial charge in [0.05, 0.1) is 0 Å². The molecule has 1 aliphatic carbocycles. The molecule has 1 aliphatic rings. The second-order valence-electron chi connectivity index (χ2n) is 5.74. The number of carbonyl (C=O) groups is 1. The van der Waals surface area contributed by atoms with E-state index in [1.165, 1.54) is 24.2 Å². The Labute approximate surface area is 118 Å². The Morgan fingerprint density at radius 2 is 2.21 bits per heavy atom. The fourth-order valence-electron chi connectivity index (χ4n) is 2.01. The number of nitrogen functional groups attached to an aromatic ring is 1. The Kier molecular flexibility index (Phi) is 3.99. The summed E-state index contributed by atoms with van der Waals surface area (Å²) >= 11 is 1.34. The maximum Gasteiger partial charge on any atom is 0.265 e. The van der Waals surface area contributed by atoms with Crippen LogP contribution in [-0.4, -0.2) is 22.5 Å². The van der Waals surface area contributed by atoms with Gasteiger partial charge in [-0.05, 0) is 33.1 Å². The third kappa shape index (κ3) is 3.83. The van der Waals surface area contributed by atoms with Crippen molar-refractivity contribution >= 4 is 28.2 Å². The predicted octanol–water partition coefficient (Wildman–Crippen LogP) is 2.61. The van der Waals surface area contributed by atoms with Crippen molar-refractivity contribution in [3.63, 3.8) is 0 Å². The summed E-state index contributed by atoms with van der Waals surface area (Å²) in [5, 5.41) is 7.04. The summed E-state index contributed by atoms with van der Waals surface area (Å²) in [4.78, 5) is 16.9. The van der Waals surface area contributed by atoms with Crippen LogP contribution in [0.15, 0.2) is 0 Å². The fourth-order valence-corrected chi connectivity index (χ4v) is 2.87. The molecular weight excluding hydrogens is 260 g/mol. The third-order valence-corrected chi connectivity index (χ3v) is 4.09. The van der Waals surface area contributed by atoms with E-state index in [0.29, 0.717) is 16.7 Å². The van der Waals surface area contributed by atoms with Crippen molar-refractivity contribution in [1.29, 1.82) is 0 Å². The molecule has 0 atom stereocenters. The van der Waals surface area contributed by atoms with E-state index in [9.17, 15) is 4.79 Å². The number of anilines is 2. The molecule has 0 unspecified atom stereocenters. The average molecular weight is 282 g/mol.